The summed E-state index contributed by atoms with van der Waals surface area (Å²) < 4.78 is 0. The van der Waals surface area contributed by atoms with Gasteiger partial charge in [0.1, 0.15) is 0 Å². The third-order valence-electron chi connectivity index (χ3n) is 1.55. The standard InChI is InChI=1S/C11H10Cl2O/c1-8(14)3-2-4-9-5-6-10(12)11(13)7-9/h5-8,14H,3H2,1H3. The Bertz CT molecular complexity index is 375. The number of aliphatic hydroxyl groups excluding tert-OH is 1. The van der Waals surface area contributed by atoms with Crippen LogP contribution in [-0.2, 0) is 0 Å². The Labute approximate surface area is 93.7 Å². The minimum Gasteiger partial charge on any atom is -0.392 e. The Hall–Kier alpha value is -0.680. The molecule has 14 heavy (non-hydrogen) atoms. The molecule has 0 bridgehead atoms. The normalized spacial score (nSPS) is 11.7. The second-order valence-electron chi connectivity index (χ2n) is 2.98. The molecule has 1 atom stereocenters. The lowest BCUT2D eigenvalue weighted by molar-refractivity contribution is 0.201. The van der Waals surface area contributed by atoms with Gasteiger partial charge in [0.15, 0.2) is 0 Å². The third kappa shape index (κ3) is 3.59. The fourth-order valence-corrected chi connectivity index (χ4v) is 1.17. The lowest BCUT2D eigenvalue weighted by atomic mass is 10.2. The molecule has 0 aliphatic heterocycles. The Morgan fingerprint density at radius 2 is 2.07 bits per heavy atom. The van der Waals surface area contributed by atoms with Gasteiger partial charge in [-0.3, -0.25) is 0 Å². The van der Waals surface area contributed by atoms with Crippen molar-refractivity contribution < 1.29 is 5.11 Å². The maximum atomic E-state index is 8.98. The van der Waals surface area contributed by atoms with Gasteiger partial charge in [0, 0.05) is 12.0 Å². The van der Waals surface area contributed by atoms with Gasteiger partial charge in [0.2, 0.25) is 0 Å². The quantitative estimate of drug-likeness (QED) is 0.733. The Balaban J connectivity index is 2.76. The van der Waals surface area contributed by atoms with E-state index < -0.39 is 6.10 Å². The molecular formula is C11H10Cl2O. The zero-order valence-corrected chi connectivity index (χ0v) is 9.23. The molecule has 1 rings (SSSR count). The molecular weight excluding hydrogens is 219 g/mol. The zero-order chi connectivity index (χ0) is 10.6. The summed E-state index contributed by atoms with van der Waals surface area (Å²) in [6.07, 6.45) is 0.0607. The Morgan fingerprint density at radius 1 is 1.36 bits per heavy atom. The first-order valence-corrected chi connectivity index (χ1v) is 4.97. The van der Waals surface area contributed by atoms with Crippen LogP contribution < -0.4 is 0 Å². The van der Waals surface area contributed by atoms with Crippen molar-refractivity contribution in [2.24, 2.45) is 0 Å². The van der Waals surface area contributed by atoms with Crippen LogP contribution in [0.3, 0.4) is 0 Å². The highest BCUT2D eigenvalue weighted by atomic mass is 35.5. The van der Waals surface area contributed by atoms with Gasteiger partial charge >= 0.3 is 0 Å². The van der Waals surface area contributed by atoms with Crippen LogP contribution in [-0.4, -0.2) is 11.2 Å². The molecule has 0 aromatic heterocycles. The molecule has 1 aromatic rings. The molecule has 0 radical (unpaired) electrons. The fraction of sp³-hybridized carbons (Fsp3) is 0.273. The van der Waals surface area contributed by atoms with E-state index in [0.717, 1.165) is 5.56 Å². The molecule has 0 aliphatic carbocycles. The summed E-state index contributed by atoms with van der Waals surface area (Å²) in [5.41, 5.74) is 0.806. The molecule has 74 valence electrons. The minimum absolute atomic E-state index is 0.398. The van der Waals surface area contributed by atoms with Gasteiger partial charge < -0.3 is 5.11 Å². The highest BCUT2D eigenvalue weighted by molar-refractivity contribution is 6.42. The van der Waals surface area contributed by atoms with Crippen LogP contribution in [0.5, 0.6) is 0 Å². The topological polar surface area (TPSA) is 20.2 Å². The van der Waals surface area contributed by atoms with Crippen LogP contribution in [0.25, 0.3) is 0 Å². The van der Waals surface area contributed by atoms with Crippen LogP contribution in [0.1, 0.15) is 18.9 Å². The first-order chi connectivity index (χ1) is 6.59. The number of benzene rings is 1. The largest absolute Gasteiger partial charge is 0.392 e. The van der Waals surface area contributed by atoms with E-state index in [0.29, 0.717) is 16.5 Å². The highest BCUT2D eigenvalue weighted by Crippen LogP contribution is 2.21. The number of hydrogen-bond donors (Lipinski definition) is 1. The molecule has 0 amide bonds. The average Bonchev–Trinajstić information content (AvgIpc) is 2.10. The van der Waals surface area contributed by atoms with E-state index in [4.69, 9.17) is 28.3 Å². The SMILES string of the molecule is CC(O)CC#Cc1ccc(Cl)c(Cl)c1. The van der Waals surface area contributed by atoms with E-state index in [-0.39, 0.29) is 0 Å². The van der Waals surface area contributed by atoms with Crippen LogP contribution in [0.2, 0.25) is 10.0 Å². The minimum atomic E-state index is -0.398. The molecule has 0 spiro atoms. The van der Waals surface area contributed by atoms with E-state index in [1.165, 1.54) is 0 Å². The van der Waals surface area contributed by atoms with Crippen molar-refractivity contribution in [2.75, 3.05) is 0 Å². The smallest absolute Gasteiger partial charge is 0.0621 e. The van der Waals surface area contributed by atoms with E-state index in [1.807, 2.05) is 0 Å². The molecule has 0 saturated carbocycles. The van der Waals surface area contributed by atoms with Gasteiger partial charge in [0.05, 0.1) is 16.1 Å². The second kappa shape index (κ2) is 5.26. The molecule has 0 fully saturated rings. The Morgan fingerprint density at radius 3 is 2.64 bits per heavy atom. The van der Waals surface area contributed by atoms with Crippen molar-refractivity contribution >= 4 is 23.2 Å². The van der Waals surface area contributed by atoms with Crippen molar-refractivity contribution in [1.82, 2.24) is 0 Å². The van der Waals surface area contributed by atoms with Crippen LogP contribution >= 0.6 is 23.2 Å². The summed E-state index contributed by atoms with van der Waals surface area (Å²) >= 11 is 11.6. The summed E-state index contributed by atoms with van der Waals surface area (Å²) in [5, 5.41) is 10.00. The predicted molar refractivity (Wildman–Crippen MR) is 59.6 cm³/mol. The summed E-state index contributed by atoms with van der Waals surface area (Å²) in [6, 6.07) is 5.21. The van der Waals surface area contributed by atoms with Gasteiger partial charge in [-0.25, -0.2) is 0 Å². The van der Waals surface area contributed by atoms with Crippen LogP contribution in [0, 0.1) is 11.8 Å². The van der Waals surface area contributed by atoms with Crippen molar-refractivity contribution in [2.45, 2.75) is 19.4 Å². The van der Waals surface area contributed by atoms with E-state index in [1.54, 1.807) is 25.1 Å². The second-order valence-corrected chi connectivity index (χ2v) is 3.80. The third-order valence-corrected chi connectivity index (χ3v) is 2.29. The average molecular weight is 229 g/mol. The van der Waals surface area contributed by atoms with Crippen molar-refractivity contribution in [1.29, 1.82) is 0 Å². The number of aliphatic hydroxyl groups is 1. The van der Waals surface area contributed by atoms with Gasteiger partial charge in [-0.05, 0) is 25.1 Å². The molecule has 0 aliphatic rings. The molecule has 3 heteroatoms. The summed E-state index contributed by atoms with van der Waals surface area (Å²) in [5.74, 6) is 5.74. The molecule has 0 heterocycles. The van der Waals surface area contributed by atoms with Crippen molar-refractivity contribution in [3.05, 3.63) is 33.8 Å². The van der Waals surface area contributed by atoms with Crippen molar-refractivity contribution in [3.63, 3.8) is 0 Å². The molecule has 1 N–H and O–H groups in total. The maximum Gasteiger partial charge on any atom is 0.0621 e. The predicted octanol–water partition coefficient (Wildman–Crippen LogP) is 3.12. The summed E-state index contributed by atoms with van der Waals surface area (Å²) in [6.45, 7) is 1.70. The fourth-order valence-electron chi connectivity index (χ4n) is 0.875. The first kappa shape index (κ1) is 11.4. The van der Waals surface area contributed by atoms with E-state index in [9.17, 15) is 0 Å². The summed E-state index contributed by atoms with van der Waals surface area (Å²) in [4.78, 5) is 0. The monoisotopic (exact) mass is 228 g/mol. The maximum absolute atomic E-state index is 8.98. The lowest BCUT2D eigenvalue weighted by Crippen LogP contribution is -1.95. The molecule has 1 unspecified atom stereocenters. The number of halogens is 2. The van der Waals surface area contributed by atoms with Gasteiger partial charge in [0.25, 0.3) is 0 Å². The van der Waals surface area contributed by atoms with Crippen molar-refractivity contribution in [3.8, 4) is 11.8 Å². The zero-order valence-electron chi connectivity index (χ0n) is 7.72. The van der Waals surface area contributed by atoms with Crippen LogP contribution in [0.4, 0.5) is 0 Å². The molecule has 1 aromatic carbocycles. The van der Waals surface area contributed by atoms with E-state index >= 15 is 0 Å². The summed E-state index contributed by atoms with van der Waals surface area (Å²) in [7, 11) is 0. The van der Waals surface area contributed by atoms with Crippen LogP contribution in [0.15, 0.2) is 18.2 Å². The lowest BCUT2D eigenvalue weighted by Gasteiger charge is -1.96. The number of hydrogen-bond acceptors (Lipinski definition) is 1. The molecule has 0 saturated heterocycles. The van der Waals surface area contributed by atoms with Gasteiger partial charge in [-0.15, -0.1) is 0 Å². The number of rotatable bonds is 1. The van der Waals surface area contributed by atoms with Gasteiger partial charge in [-0.2, -0.15) is 0 Å². The first-order valence-electron chi connectivity index (χ1n) is 4.21. The van der Waals surface area contributed by atoms with E-state index in [2.05, 4.69) is 11.8 Å². The Kier molecular flexibility index (Phi) is 4.28. The van der Waals surface area contributed by atoms with Gasteiger partial charge in [-0.1, -0.05) is 35.0 Å². The highest BCUT2D eigenvalue weighted by Gasteiger charge is 1.96. The molecule has 1 nitrogen and oxygen atoms in total.